The van der Waals surface area contributed by atoms with Crippen molar-refractivity contribution in [2.75, 3.05) is 11.4 Å². The molecule has 3 N–H and O–H groups in total. The van der Waals surface area contributed by atoms with E-state index in [9.17, 15) is 14.4 Å². The molecule has 0 radical (unpaired) electrons. The van der Waals surface area contributed by atoms with Crippen LogP contribution >= 0.6 is 0 Å². The van der Waals surface area contributed by atoms with Crippen LogP contribution in [0.1, 0.15) is 18.0 Å². The van der Waals surface area contributed by atoms with E-state index in [-0.39, 0.29) is 18.4 Å². The van der Waals surface area contributed by atoms with E-state index in [1.807, 2.05) is 12.1 Å². The summed E-state index contributed by atoms with van der Waals surface area (Å²) in [5.41, 5.74) is 6.71. The summed E-state index contributed by atoms with van der Waals surface area (Å²) in [6.07, 6.45) is 2.03. The zero-order valence-corrected chi connectivity index (χ0v) is 11.7. The van der Waals surface area contributed by atoms with Gasteiger partial charge in [0.05, 0.1) is 12.6 Å². The van der Waals surface area contributed by atoms with Crippen LogP contribution in [0.25, 0.3) is 0 Å². The number of nitrogens with two attached hydrogens (primary N) is 1. The van der Waals surface area contributed by atoms with E-state index >= 15 is 0 Å². The van der Waals surface area contributed by atoms with Crippen LogP contribution in [0.3, 0.4) is 0 Å². The zero-order valence-electron chi connectivity index (χ0n) is 11.7. The summed E-state index contributed by atoms with van der Waals surface area (Å²) < 4.78 is 4.90. The normalized spacial score (nSPS) is 24.1. The SMILES string of the molecule is NC(=O)[C@H]1CN(c2ccc(C3CC(=O)C=CN3)cc2)C(=O)O1. The molecule has 0 bridgehead atoms. The average molecular weight is 301 g/mol. The van der Waals surface area contributed by atoms with Crippen LogP contribution in [0.15, 0.2) is 36.5 Å². The number of amides is 2. The topological polar surface area (TPSA) is 102 Å². The van der Waals surface area contributed by atoms with Crippen molar-refractivity contribution in [3.05, 3.63) is 42.1 Å². The number of rotatable bonds is 3. The Labute approximate surface area is 126 Å². The van der Waals surface area contributed by atoms with Crippen LogP contribution in [0.4, 0.5) is 10.5 Å². The molecule has 0 aromatic heterocycles. The Hall–Kier alpha value is -2.83. The van der Waals surface area contributed by atoms with E-state index in [1.165, 1.54) is 11.0 Å². The fraction of sp³-hybridized carbons (Fsp3) is 0.267. The first-order valence-electron chi connectivity index (χ1n) is 6.87. The number of nitrogens with zero attached hydrogens (tertiary/aromatic N) is 1. The molecule has 2 atom stereocenters. The third kappa shape index (κ3) is 2.65. The Kier molecular flexibility index (Phi) is 3.54. The van der Waals surface area contributed by atoms with Gasteiger partial charge in [0.2, 0.25) is 0 Å². The maximum Gasteiger partial charge on any atom is 0.415 e. The number of anilines is 1. The minimum absolute atomic E-state index is 0.0697. The van der Waals surface area contributed by atoms with Gasteiger partial charge in [-0.25, -0.2) is 4.79 Å². The Morgan fingerprint density at radius 2 is 2.00 bits per heavy atom. The summed E-state index contributed by atoms with van der Waals surface area (Å²) in [4.78, 5) is 35.6. The van der Waals surface area contributed by atoms with Crippen molar-refractivity contribution in [2.45, 2.75) is 18.6 Å². The quantitative estimate of drug-likeness (QED) is 0.852. The molecule has 7 heteroatoms. The molecule has 1 saturated heterocycles. The molecule has 0 aliphatic carbocycles. The van der Waals surface area contributed by atoms with Crippen molar-refractivity contribution in [2.24, 2.45) is 5.73 Å². The molecule has 2 aliphatic heterocycles. The second-order valence-electron chi connectivity index (χ2n) is 5.20. The number of ketones is 1. The number of hydrogen-bond acceptors (Lipinski definition) is 5. The average Bonchev–Trinajstić information content (AvgIpc) is 2.90. The third-order valence-electron chi connectivity index (χ3n) is 3.71. The highest BCUT2D eigenvalue weighted by atomic mass is 16.6. The predicted octanol–water partition coefficient (Wildman–Crippen LogP) is 0.614. The number of carbonyl (C=O) groups excluding carboxylic acids is 3. The van der Waals surface area contributed by atoms with Gasteiger partial charge in [-0.3, -0.25) is 14.5 Å². The van der Waals surface area contributed by atoms with Gasteiger partial charge in [-0.1, -0.05) is 12.1 Å². The fourth-order valence-corrected chi connectivity index (χ4v) is 2.51. The van der Waals surface area contributed by atoms with E-state index in [4.69, 9.17) is 10.5 Å². The fourth-order valence-electron chi connectivity index (χ4n) is 2.51. The van der Waals surface area contributed by atoms with E-state index < -0.39 is 18.1 Å². The van der Waals surface area contributed by atoms with Gasteiger partial charge in [-0.15, -0.1) is 0 Å². The maximum absolute atomic E-state index is 11.7. The lowest BCUT2D eigenvalue weighted by Gasteiger charge is -2.21. The lowest BCUT2D eigenvalue weighted by molar-refractivity contribution is -0.124. The Bertz CT molecular complexity index is 653. The van der Waals surface area contributed by atoms with Crippen molar-refractivity contribution in [1.29, 1.82) is 0 Å². The van der Waals surface area contributed by atoms with Gasteiger partial charge in [-0.2, -0.15) is 0 Å². The lowest BCUT2D eigenvalue weighted by Crippen LogP contribution is -2.32. The van der Waals surface area contributed by atoms with E-state index in [1.54, 1.807) is 18.3 Å². The monoisotopic (exact) mass is 301 g/mol. The van der Waals surface area contributed by atoms with Crippen LogP contribution in [0.5, 0.6) is 0 Å². The van der Waals surface area contributed by atoms with Gasteiger partial charge in [0.1, 0.15) is 0 Å². The van der Waals surface area contributed by atoms with Gasteiger partial charge in [-0.05, 0) is 23.8 Å². The van der Waals surface area contributed by atoms with Gasteiger partial charge in [0, 0.05) is 18.3 Å². The summed E-state index contributed by atoms with van der Waals surface area (Å²) in [7, 11) is 0. The second kappa shape index (κ2) is 5.51. The molecular weight excluding hydrogens is 286 g/mol. The Balaban J connectivity index is 1.74. The highest BCUT2D eigenvalue weighted by Crippen LogP contribution is 2.26. The smallest absolute Gasteiger partial charge is 0.415 e. The van der Waals surface area contributed by atoms with Crippen LogP contribution in [-0.2, 0) is 14.3 Å². The lowest BCUT2D eigenvalue weighted by atomic mass is 9.99. The summed E-state index contributed by atoms with van der Waals surface area (Å²) in [5, 5.41) is 3.12. The number of nitrogens with one attached hydrogen (secondary N) is 1. The van der Waals surface area contributed by atoms with E-state index in [0.29, 0.717) is 12.1 Å². The molecule has 7 nitrogen and oxygen atoms in total. The van der Waals surface area contributed by atoms with Crippen molar-refractivity contribution in [3.63, 3.8) is 0 Å². The highest BCUT2D eigenvalue weighted by molar-refractivity contribution is 5.95. The van der Waals surface area contributed by atoms with Gasteiger partial charge >= 0.3 is 6.09 Å². The highest BCUT2D eigenvalue weighted by Gasteiger charge is 2.35. The van der Waals surface area contributed by atoms with Crippen molar-refractivity contribution >= 4 is 23.5 Å². The van der Waals surface area contributed by atoms with Crippen molar-refractivity contribution in [1.82, 2.24) is 5.32 Å². The molecule has 0 spiro atoms. The molecule has 1 aromatic carbocycles. The first kappa shape index (κ1) is 14.1. The number of carbonyl (C=O) groups is 3. The molecule has 1 fully saturated rings. The number of cyclic esters (lactones) is 1. The number of benzene rings is 1. The molecule has 2 heterocycles. The molecule has 2 amide bonds. The Morgan fingerprint density at radius 3 is 2.59 bits per heavy atom. The van der Waals surface area contributed by atoms with Crippen LogP contribution < -0.4 is 16.0 Å². The summed E-state index contributed by atoms with van der Waals surface area (Å²) in [6.45, 7) is 0.108. The predicted molar refractivity (Wildman–Crippen MR) is 77.9 cm³/mol. The number of hydrogen-bond donors (Lipinski definition) is 2. The van der Waals surface area contributed by atoms with E-state index in [2.05, 4.69) is 5.32 Å². The molecule has 1 aromatic rings. The molecule has 22 heavy (non-hydrogen) atoms. The minimum Gasteiger partial charge on any atom is -0.434 e. The van der Waals surface area contributed by atoms with Crippen LogP contribution in [-0.4, -0.2) is 30.4 Å². The first-order chi connectivity index (χ1) is 10.5. The number of allylic oxidation sites excluding steroid dienone is 1. The molecule has 1 unspecified atom stereocenters. The second-order valence-corrected chi connectivity index (χ2v) is 5.20. The first-order valence-corrected chi connectivity index (χ1v) is 6.87. The third-order valence-corrected chi connectivity index (χ3v) is 3.71. The molecule has 0 saturated carbocycles. The van der Waals surface area contributed by atoms with Crippen molar-refractivity contribution in [3.8, 4) is 0 Å². The standard InChI is InChI=1S/C15H15N3O4/c16-14(20)13-8-18(15(21)22-13)10-3-1-9(2-4-10)12-7-11(19)5-6-17-12/h1-6,12-13,17H,7-8H2,(H2,16,20)/t12?,13-/m1/s1. The summed E-state index contributed by atoms with van der Waals surface area (Å²) in [6, 6.07) is 7.11. The maximum atomic E-state index is 11.7. The number of ether oxygens (including phenoxy) is 1. The van der Waals surface area contributed by atoms with Gasteiger partial charge in [0.15, 0.2) is 11.9 Å². The molecular formula is C15H15N3O4. The minimum atomic E-state index is -0.921. The van der Waals surface area contributed by atoms with Crippen molar-refractivity contribution < 1.29 is 19.1 Å². The number of primary amides is 1. The van der Waals surface area contributed by atoms with Gasteiger partial charge in [0.25, 0.3) is 5.91 Å². The molecule has 114 valence electrons. The van der Waals surface area contributed by atoms with Crippen LogP contribution in [0.2, 0.25) is 0 Å². The summed E-state index contributed by atoms with van der Waals surface area (Å²) >= 11 is 0. The van der Waals surface area contributed by atoms with Crippen LogP contribution in [0, 0.1) is 0 Å². The Morgan fingerprint density at radius 1 is 1.27 bits per heavy atom. The molecule has 3 rings (SSSR count). The summed E-state index contributed by atoms with van der Waals surface area (Å²) in [5.74, 6) is -0.593. The van der Waals surface area contributed by atoms with Gasteiger partial charge < -0.3 is 15.8 Å². The van der Waals surface area contributed by atoms with E-state index in [0.717, 1.165) is 5.56 Å². The zero-order chi connectivity index (χ0) is 15.7. The molecule has 2 aliphatic rings. The largest absolute Gasteiger partial charge is 0.434 e.